The summed E-state index contributed by atoms with van der Waals surface area (Å²) in [6.45, 7) is 2.52. The van der Waals surface area contributed by atoms with Gasteiger partial charge in [-0.05, 0) is 23.8 Å². The Balaban J connectivity index is 1.58. The first kappa shape index (κ1) is 19.2. The molecule has 0 aromatic heterocycles. The fourth-order valence-electron chi connectivity index (χ4n) is 3.30. The minimum atomic E-state index is -0.391. The van der Waals surface area contributed by atoms with Crippen LogP contribution in [-0.2, 0) is 11.2 Å². The number of ether oxygens (including phenoxy) is 1. The van der Waals surface area contributed by atoms with Gasteiger partial charge in [0.25, 0.3) is 0 Å². The number of halogens is 1. The van der Waals surface area contributed by atoms with Gasteiger partial charge in [0.05, 0.1) is 19.6 Å². The van der Waals surface area contributed by atoms with Crippen LogP contribution in [0.4, 0.5) is 0 Å². The van der Waals surface area contributed by atoms with Crippen LogP contribution >= 0.6 is 11.6 Å². The van der Waals surface area contributed by atoms with Crippen molar-refractivity contribution in [3.05, 3.63) is 64.7 Å². The van der Waals surface area contributed by atoms with Crippen LogP contribution in [0.3, 0.4) is 0 Å². The zero-order valence-corrected chi connectivity index (χ0v) is 16.0. The number of hydrogen-bond donors (Lipinski definition) is 0. The molecule has 1 amide bonds. The van der Waals surface area contributed by atoms with E-state index in [1.807, 2.05) is 47.4 Å². The molecule has 0 saturated carbocycles. The number of rotatable bonds is 5. The summed E-state index contributed by atoms with van der Waals surface area (Å²) in [6, 6.07) is 16.9. The first-order valence-electron chi connectivity index (χ1n) is 8.91. The lowest BCUT2D eigenvalue weighted by molar-refractivity contribution is -0.132. The van der Waals surface area contributed by atoms with Crippen LogP contribution in [0.2, 0.25) is 5.02 Å². The lowest BCUT2D eigenvalue weighted by Crippen LogP contribution is -2.49. The Kier molecular flexibility index (Phi) is 6.33. The molecule has 0 radical (unpaired) electrons. The highest BCUT2D eigenvalue weighted by Gasteiger charge is 2.28. The summed E-state index contributed by atoms with van der Waals surface area (Å²) < 4.78 is 5.14. The number of methoxy groups -OCH3 is 1. The number of carbonyl (C=O) groups excluding carboxylic acids is 1. The van der Waals surface area contributed by atoms with Crippen molar-refractivity contribution in [3.63, 3.8) is 0 Å². The zero-order valence-electron chi connectivity index (χ0n) is 15.3. The Labute approximate surface area is 164 Å². The van der Waals surface area contributed by atoms with Gasteiger partial charge in [-0.3, -0.25) is 9.69 Å². The standard InChI is InChI=1S/C21H22ClN3O2/c1-27-17-8-6-16(7-9-17)14-21(26)25-12-10-24(11-13-25)20(15-23)18-4-2-3-5-19(18)22/h2-9,20H,10-14H2,1H3. The molecule has 0 N–H and O–H groups in total. The molecule has 2 aromatic rings. The molecule has 1 atom stereocenters. The van der Waals surface area contributed by atoms with Crippen molar-refractivity contribution in [2.75, 3.05) is 33.3 Å². The van der Waals surface area contributed by atoms with E-state index in [0.29, 0.717) is 37.6 Å². The summed E-state index contributed by atoms with van der Waals surface area (Å²) in [5.74, 6) is 0.882. The molecule has 1 saturated heterocycles. The van der Waals surface area contributed by atoms with Gasteiger partial charge in [0, 0.05) is 36.8 Å². The molecule has 3 rings (SSSR count). The molecule has 1 unspecified atom stereocenters. The summed E-state index contributed by atoms with van der Waals surface area (Å²) in [6.07, 6.45) is 0.371. The molecule has 1 aliphatic rings. The maximum Gasteiger partial charge on any atom is 0.227 e. The van der Waals surface area contributed by atoms with Gasteiger partial charge >= 0.3 is 0 Å². The second kappa shape index (κ2) is 8.90. The van der Waals surface area contributed by atoms with Crippen LogP contribution in [0.5, 0.6) is 5.75 Å². The first-order chi connectivity index (χ1) is 13.1. The minimum absolute atomic E-state index is 0.103. The van der Waals surface area contributed by atoms with Gasteiger partial charge in [-0.2, -0.15) is 5.26 Å². The smallest absolute Gasteiger partial charge is 0.227 e. The minimum Gasteiger partial charge on any atom is -0.497 e. The van der Waals surface area contributed by atoms with E-state index >= 15 is 0 Å². The van der Waals surface area contributed by atoms with Gasteiger partial charge in [0.1, 0.15) is 11.8 Å². The highest BCUT2D eigenvalue weighted by atomic mass is 35.5. The number of nitrogens with zero attached hydrogens (tertiary/aromatic N) is 3. The van der Waals surface area contributed by atoms with Crippen LogP contribution in [0.1, 0.15) is 17.2 Å². The fourth-order valence-corrected chi connectivity index (χ4v) is 3.54. The van der Waals surface area contributed by atoms with E-state index < -0.39 is 6.04 Å². The highest BCUT2D eigenvalue weighted by molar-refractivity contribution is 6.31. The van der Waals surface area contributed by atoms with Crippen LogP contribution in [0.15, 0.2) is 48.5 Å². The number of hydrogen-bond acceptors (Lipinski definition) is 4. The van der Waals surface area contributed by atoms with E-state index in [1.165, 1.54) is 0 Å². The average Bonchev–Trinajstić information content (AvgIpc) is 2.71. The first-order valence-corrected chi connectivity index (χ1v) is 9.29. The third kappa shape index (κ3) is 4.60. The summed E-state index contributed by atoms with van der Waals surface area (Å²) in [5.41, 5.74) is 1.79. The van der Waals surface area contributed by atoms with Crippen LogP contribution in [0, 0.1) is 11.3 Å². The van der Waals surface area contributed by atoms with Crippen molar-refractivity contribution in [3.8, 4) is 11.8 Å². The molecular formula is C21H22ClN3O2. The normalized spacial score (nSPS) is 15.8. The quantitative estimate of drug-likeness (QED) is 0.794. The Morgan fingerprint density at radius 2 is 1.81 bits per heavy atom. The van der Waals surface area contributed by atoms with Crippen molar-refractivity contribution in [2.45, 2.75) is 12.5 Å². The number of benzene rings is 2. The second-order valence-electron chi connectivity index (χ2n) is 6.49. The Morgan fingerprint density at radius 3 is 2.41 bits per heavy atom. The maximum atomic E-state index is 12.6. The SMILES string of the molecule is COc1ccc(CC(=O)N2CCN(C(C#N)c3ccccc3Cl)CC2)cc1. The van der Waals surface area contributed by atoms with Crippen LogP contribution < -0.4 is 4.74 Å². The van der Waals surface area contributed by atoms with Crippen LogP contribution in [-0.4, -0.2) is 49.0 Å². The van der Waals surface area contributed by atoms with Gasteiger partial charge < -0.3 is 9.64 Å². The summed E-state index contributed by atoms with van der Waals surface area (Å²) in [5, 5.41) is 10.2. The molecule has 1 heterocycles. The third-order valence-electron chi connectivity index (χ3n) is 4.87. The Morgan fingerprint density at radius 1 is 1.15 bits per heavy atom. The molecule has 0 aliphatic carbocycles. The van der Waals surface area contributed by atoms with Gasteiger partial charge in [0.15, 0.2) is 0 Å². The molecule has 0 spiro atoms. The zero-order chi connectivity index (χ0) is 19.2. The monoisotopic (exact) mass is 383 g/mol. The van der Waals surface area contributed by atoms with Gasteiger partial charge in [-0.1, -0.05) is 41.9 Å². The molecular weight excluding hydrogens is 362 g/mol. The molecule has 0 bridgehead atoms. The number of piperazine rings is 1. The van der Waals surface area contributed by atoms with E-state index in [4.69, 9.17) is 16.3 Å². The predicted octanol–water partition coefficient (Wildman–Crippen LogP) is 3.30. The van der Waals surface area contributed by atoms with Gasteiger partial charge in [-0.15, -0.1) is 0 Å². The summed E-state index contributed by atoms with van der Waals surface area (Å²) in [4.78, 5) is 16.5. The average molecular weight is 384 g/mol. The predicted molar refractivity (Wildman–Crippen MR) is 105 cm³/mol. The summed E-state index contributed by atoms with van der Waals surface area (Å²) in [7, 11) is 1.62. The molecule has 5 nitrogen and oxygen atoms in total. The van der Waals surface area contributed by atoms with Crippen molar-refractivity contribution in [1.29, 1.82) is 5.26 Å². The van der Waals surface area contributed by atoms with E-state index in [0.717, 1.165) is 16.9 Å². The molecule has 1 aliphatic heterocycles. The van der Waals surface area contributed by atoms with E-state index in [-0.39, 0.29) is 5.91 Å². The largest absolute Gasteiger partial charge is 0.497 e. The van der Waals surface area contributed by atoms with Crippen molar-refractivity contribution >= 4 is 17.5 Å². The Bertz CT molecular complexity index is 824. The highest BCUT2D eigenvalue weighted by Crippen LogP contribution is 2.28. The fraction of sp³-hybridized carbons (Fsp3) is 0.333. The summed E-state index contributed by atoms with van der Waals surface area (Å²) >= 11 is 6.26. The lowest BCUT2D eigenvalue weighted by Gasteiger charge is -2.37. The molecule has 27 heavy (non-hydrogen) atoms. The second-order valence-corrected chi connectivity index (χ2v) is 6.90. The van der Waals surface area contributed by atoms with Crippen molar-refractivity contribution in [2.24, 2.45) is 0 Å². The van der Waals surface area contributed by atoms with E-state index in [1.54, 1.807) is 13.2 Å². The van der Waals surface area contributed by atoms with E-state index in [9.17, 15) is 10.1 Å². The molecule has 140 valence electrons. The number of carbonyl (C=O) groups is 1. The Hall–Kier alpha value is -2.55. The third-order valence-corrected chi connectivity index (χ3v) is 5.21. The molecule has 6 heteroatoms. The molecule has 1 fully saturated rings. The molecule has 2 aromatic carbocycles. The van der Waals surface area contributed by atoms with Crippen LogP contribution in [0.25, 0.3) is 0 Å². The number of amides is 1. The number of nitriles is 1. The van der Waals surface area contributed by atoms with Crippen molar-refractivity contribution < 1.29 is 9.53 Å². The maximum absolute atomic E-state index is 12.6. The van der Waals surface area contributed by atoms with Gasteiger partial charge in [-0.25, -0.2) is 0 Å². The van der Waals surface area contributed by atoms with Gasteiger partial charge in [0.2, 0.25) is 5.91 Å². The van der Waals surface area contributed by atoms with E-state index in [2.05, 4.69) is 11.0 Å². The topological polar surface area (TPSA) is 56.6 Å². The van der Waals surface area contributed by atoms with Crippen molar-refractivity contribution in [1.82, 2.24) is 9.80 Å². The lowest BCUT2D eigenvalue weighted by atomic mass is 10.1.